The van der Waals surface area contributed by atoms with Gasteiger partial charge < -0.3 is 4.57 Å². The standard InChI is InChI=1S/C39H25ClN4/c40-39-42-37(30-24-28(26-13-4-1-5-14-26)23-29(25-30)27-15-6-2-7-16-27)41-38(43-39)34-21-12-20-33-32-19-10-11-22-35(32)44(36(33)34)31-17-8-3-9-18-31/h1-25H. The Morgan fingerprint density at radius 3 is 1.66 bits per heavy atom. The van der Waals surface area contributed by atoms with Crippen molar-refractivity contribution in [2.45, 2.75) is 0 Å². The van der Waals surface area contributed by atoms with Crippen LogP contribution >= 0.6 is 11.6 Å². The van der Waals surface area contributed by atoms with Crippen LogP contribution in [0, 0.1) is 0 Å². The minimum atomic E-state index is 0.149. The van der Waals surface area contributed by atoms with Crippen LogP contribution in [0.25, 0.3) is 72.5 Å². The lowest BCUT2D eigenvalue weighted by Crippen LogP contribution is -2.00. The minimum absolute atomic E-state index is 0.149. The molecule has 2 heterocycles. The number of benzene rings is 6. The minimum Gasteiger partial charge on any atom is -0.309 e. The second-order valence-electron chi connectivity index (χ2n) is 10.7. The fourth-order valence-corrected chi connectivity index (χ4v) is 6.16. The summed E-state index contributed by atoms with van der Waals surface area (Å²) in [5.41, 5.74) is 9.34. The van der Waals surface area contributed by atoms with Gasteiger partial charge in [-0.05, 0) is 76.3 Å². The molecule has 2 aromatic heterocycles. The lowest BCUT2D eigenvalue weighted by molar-refractivity contribution is 1.06. The summed E-state index contributed by atoms with van der Waals surface area (Å²) in [5, 5.41) is 2.44. The monoisotopic (exact) mass is 584 g/mol. The van der Waals surface area contributed by atoms with Gasteiger partial charge in [0, 0.05) is 27.6 Å². The first kappa shape index (κ1) is 26.1. The van der Waals surface area contributed by atoms with E-state index < -0.39 is 0 Å². The average Bonchev–Trinajstić information content (AvgIpc) is 3.44. The van der Waals surface area contributed by atoms with Crippen LogP contribution in [-0.2, 0) is 0 Å². The van der Waals surface area contributed by atoms with E-state index in [1.165, 1.54) is 0 Å². The molecule has 0 aliphatic carbocycles. The zero-order chi connectivity index (χ0) is 29.5. The highest BCUT2D eigenvalue weighted by atomic mass is 35.5. The van der Waals surface area contributed by atoms with E-state index in [2.05, 4.69) is 148 Å². The second-order valence-corrected chi connectivity index (χ2v) is 11.0. The Balaban J connectivity index is 1.37. The predicted octanol–water partition coefficient (Wildman–Crippen LogP) is 10.3. The second kappa shape index (κ2) is 10.9. The fourth-order valence-electron chi connectivity index (χ4n) is 6.00. The first-order valence-electron chi connectivity index (χ1n) is 14.5. The molecular formula is C39H25ClN4. The molecule has 0 N–H and O–H groups in total. The summed E-state index contributed by atoms with van der Waals surface area (Å²) in [6, 6.07) is 52.3. The molecule has 0 atom stereocenters. The maximum Gasteiger partial charge on any atom is 0.226 e. The third kappa shape index (κ3) is 4.62. The van der Waals surface area contributed by atoms with Gasteiger partial charge in [0.25, 0.3) is 0 Å². The summed E-state index contributed by atoms with van der Waals surface area (Å²) in [7, 11) is 0. The van der Waals surface area contributed by atoms with E-state index in [4.69, 9.17) is 16.6 Å². The van der Waals surface area contributed by atoms with E-state index in [9.17, 15) is 0 Å². The van der Waals surface area contributed by atoms with Gasteiger partial charge in [0.2, 0.25) is 5.28 Å². The molecule has 208 valence electrons. The molecule has 0 bridgehead atoms. The normalized spacial score (nSPS) is 11.3. The molecule has 6 aromatic carbocycles. The van der Waals surface area contributed by atoms with Gasteiger partial charge in [0.1, 0.15) is 0 Å². The third-order valence-corrected chi connectivity index (χ3v) is 8.13. The number of halogens is 1. The van der Waals surface area contributed by atoms with Crippen molar-refractivity contribution < 1.29 is 0 Å². The van der Waals surface area contributed by atoms with E-state index >= 15 is 0 Å². The van der Waals surface area contributed by atoms with Crippen LogP contribution in [0.1, 0.15) is 0 Å². The van der Waals surface area contributed by atoms with Crippen molar-refractivity contribution in [1.82, 2.24) is 19.5 Å². The topological polar surface area (TPSA) is 43.6 Å². The SMILES string of the molecule is Clc1nc(-c2cc(-c3ccccc3)cc(-c3ccccc3)c2)nc(-c2cccc3c4ccccc4n(-c4ccccc4)c23)n1. The Morgan fingerprint density at radius 2 is 0.977 bits per heavy atom. The molecule has 0 saturated heterocycles. The van der Waals surface area contributed by atoms with Crippen molar-refractivity contribution in [1.29, 1.82) is 0 Å². The zero-order valence-electron chi connectivity index (χ0n) is 23.6. The number of fused-ring (bicyclic) bond motifs is 3. The Kier molecular flexibility index (Phi) is 6.47. The molecule has 0 amide bonds. The van der Waals surface area contributed by atoms with E-state index in [1.807, 2.05) is 18.2 Å². The van der Waals surface area contributed by atoms with Crippen molar-refractivity contribution in [3.05, 3.63) is 157 Å². The number of hydrogen-bond acceptors (Lipinski definition) is 3. The smallest absolute Gasteiger partial charge is 0.226 e. The van der Waals surface area contributed by atoms with Crippen molar-refractivity contribution in [3.8, 4) is 50.7 Å². The quantitative estimate of drug-likeness (QED) is 0.202. The Bertz CT molecular complexity index is 2220. The van der Waals surface area contributed by atoms with Crippen molar-refractivity contribution >= 4 is 33.4 Å². The summed E-state index contributed by atoms with van der Waals surface area (Å²) < 4.78 is 2.28. The fraction of sp³-hybridized carbons (Fsp3) is 0. The van der Waals surface area contributed by atoms with Gasteiger partial charge in [-0.1, -0.05) is 109 Å². The molecule has 0 spiro atoms. The molecule has 5 heteroatoms. The van der Waals surface area contributed by atoms with Crippen LogP contribution in [0.3, 0.4) is 0 Å². The average molecular weight is 585 g/mol. The van der Waals surface area contributed by atoms with Gasteiger partial charge in [0.05, 0.1) is 11.0 Å². The number of nitrogens with zero attached hydrogens (tertiary/aromatic N) is 4. The first-order valence-corrected chi connectivity index (χ1v) is 14.9. The number of hydrogen-bond donors (Lipinski definition) is 0. The lowest BCUT2D eigenvalue weighted by Gasteiger charge is -2.13. The number of para-hydroxylation sites is 3. The summed E-state index contributed by atoms with van der Waals surface area (Å²) in [5.74, 6) is 1.05. The van der Waals surface area contributed by atoms with Crippen LogP contribution in [-0.4, -0.2) is 19.5 Å². The lowest BCUT2D eigenvalue weighted by atomic mass is 9.96. The number of aromatic nitrogens is 4. The first-order chi connectivity index (χ1) is 21.7. The van der Waals surface area contributed by atoms with Gasteiger partial charge in [-0.25, -0.2) is 4.98 Å². The van der Waals surface area contributed by atoms with Gasteiger partial charge in [-0.2, -0.15) is 9.97 Å². The molecule has 0 saturated carbocycles. The molecule has 0 fully saturated rings. The van der Waals surface area contributed by atoms with E-state index in [-0.39, 0.29) is 5.28 Å². The largest absolute Gasteiger partial charge is 0.309 e. The van der Waals surface area contributed by atoms with Gasteiger partial charge in [0.15, 0.2) is 11.6 Å². The van der Waals surface area contributed by atoms with Crippen LogP contribution < -0.4 is 0 Å². The zero-order valence-corrected chi connectivity index (χ0v) is 24.4. The van der Waals surface area contributed by atoms with Gasteiger partial charge in [-0.3, -0.25) is 0 Å². The van der Waals surface area contributed by atoms with E-state index in [0.717, 1.165) is 60.9 Å². The van der Waals surface area contributed by atoms with Crippen molar-refractivity contribution in [2.75, 3.05) is 0 Å². The summed E-state index contributed by atoms with van der Waals surface area (Å²) in [6.45, 7) is 0. The van der Waals surface area contributed by atoms with Crippen molar-refractivity contribution in [3.63, 3.8) is 0 Å². The summed E-state index contributed by atoms with van der Waals surface area (Å²) in [6.07, 6.45) is 0. The third-order valence-electron chi connectivity index (χ3n) is 7.96. The molecule has 0 unspecified atom stereocenters. The molecule has 8 aromatic rings. The maximum absolute atomic E-state index is 6.68. The molecule has 44 heavy (non-hydrogen) atoms. The van der Waals surface area contributed by atoms with E-state index in [0.29, 0.717) is 11.6 Å². The van der Waals surface area contributed by atoms with Gasteiger partial charge >= 0.3 is 0 Å². The van der Waals surface area contributed by atoms with Crippen LogP contribution in [0.5, 0.6) is 0 Å². The number of rotatable bonds is 5. The van der Waals surface area contributed by atoms with Crippen molar-refractivity contribution in [2.24, 2.45) is 0 Å². The summed E-state index contributed by atoms with van der Waals surface area (Å²) >= 11 is 6.68. The van der Waals surface area contributed by atoms with Gasteiger partial charge in [-0.15, -0.1) is 0 Å². The molecule has 8 rings (SSSR count). The van der Waals surface area contributed by atoms with E-state index in [1.54, 1.807) is 0 Å². The Hall–Kier alpha value is -5.58. The molecule has 0 aliphatic heterocycles. The predicted molar refractivity (Wildman–Crippen MR) is 181 cm³/mol. The highest BCUT2D eigenvalue weighted by Gasteiger charge is 2.19. The molecular weight excluding hydrogens is 560 g/mol. The summed E-state index contributed by atoms with van der Waals surface area (Å²) in [4.78, 5) is 14.4. The van der Waals surface area contributed by atoms with Crippen LogP contribution in [0.4, 0.5) is 0 Å². The molecule has 0 radical (unpaired) electrons. The highest BCUT2D eigenvalue weighted by Crippen LogP contribution is 2.38. The Morgan fingerprint density at radius 1 is 0.432 bits per heavy atom. The van der Waals surface area contributed by atoms with Crippen LogP contribution in [0.15, 0.2) is 152 Å². The Labute approximate surface area is 259 Å². The maximum atomic E-state index is 6.68. The molecule has 0 aliphatic rings. The molecule has 4 nitrogen and oxygen atoms in total. The highest BCUT2D eigenvalue weighted by molar-refractivity contribution is 6.28. The van der Waals surface area contributed by atoms with Crippen LogP contribution in [0.2, 0.25) is 5.28 Å².